The number of nitrogens with one attached hydrogen (secondary N) is 2. The SMILES string of the molecule is COc1cc(CNC(=O)[C@@H](C)NS(=O)(=O)c2ccc(C(C)(C)C)cc2)cc(OC)c1OC. The van der Waals surface area contributed by atoms with Gasteiger partial charge >= 0.3 is 0 Å². The van der Waals surface area contributed by atoms with E-state index in [4.69, 9.17) is 14.2 Å². The van der Waals surface area contributed by atoms with E-state index in [-0.39, 0.29) is 16.9 Å². The quantitative estimate of drug-likeness (QED) is 0.591. The normalized spacial score (nSPS) is 12.7. The molecule has 0 aromatic heterocycles. The standard InChI is InChI=1S/C23H32N2O6S/c1-15(25-32(27,28)18-10-8-17(9-11-18)23(2,3)4)22(26)24-14-16-12-19(29-5)21(31-7)20(13-16)30-6/h8-13,15,25H,14H2,1-7H3,(H,24,26)/t15-/m1/s1. The number of hydrogen-bond donors (Lipinski definition) is 2. The Labute approximate surface area is 190 Å². The Hall–Kier alpha value is -2.78. The Kier molecular flexibility index (Phi) is 8.14. The van der Waals surface area contributed by atoms with Crippen LogP contribution in [-0.2, 0) is 26.8 Å². The van der Waals surface area contributed by atoms with E-state index in [1.807, 2.05) is 0 Å². The minimum absolute atomic E-state index is 0.0876. The van der Waals surface area contributed by atoms with Gasteiger partial charge in [0.1, 0.15) is 0 Å². The number of ether oxygens (including phenoxy) is 3. The molecule has 1 atom stereocenters. The monoisotopic (exact) mass is 464 g/mol. The van der Waals surface area contributed by atoms with Crippen molar-refractivity contribution < 1.29 is 27.4 Å². The molecule has 2 rings (SSSR count). The van der Waals surface area contributed by atoms with Gasteiger partial charge in [-0.05, 0) is 47.7 Å². The van der Waals surface area contributed by atoms with E-state index in [0.29, 0.717) is 22.8 Å². The summed E-state index contributed by atoms with van der Waals surface area (Å²) >= 11 is 0. The molecule has 0 aliphatic rings. The molecule has 0 unspecified atom stereocenters. The lowest BCUT2D eigenvalue weighted by Gasteiger charge is -2.19. The smallest absolute Gasteiger partial charge is 0.241 e. The van der Waals surface area contributed by atoms with Crippen LogP contribution in [0, 0.1) is 0 Å². The van der Waals surface area contributed by atoms with Gasteiger partial charge in [0.15, 0.2) is 11.5 Å². The fourth-order valence-corrected chi connectivity index (χ4v) is 4.27. The fourth-order valence-electron chi connectivity index (χ4n) is 3.07. The lowest BCUT2D eigenvalue weighted by atomic mass is 9.87. The van der Waals surface area contributed by atoms with Crippen LogP contribution in [0.3, 0.4) is 0 Å². The summed E-state index contributed by atoms with van der Waals surface area (Å²) in [5.74, 6) is 0.907. The molecule has 0 bridgehead atoms. The van der Waals surface area contributed by atoms with Crippen LogP contribution in [0.1, 0.15) is 38.8 Å². The number of methoxy groups -OCH3 is 3. The van der Waals surface area contributed by atoms with Gasteiger partial charge < -0.3 is 19.5 Å². The first-order valence-corrected chi connectivity index (χ1v) is 11.6. The molecule has 0 spiro atoms. The number of hydrogen-bond acceptors (Lipinski definition) is 6. The van der Waals surface area contributed by atoms with Crippen molar-refractivity contribution in [2.75, 3.05) is 21.3 Å². The largest absolute Gasteiger partial charge is 0.493 e. The molecule has 1 amide bonds. The third-order valence-corrected chi connectivity index (χ3v) is 6.50. The second-order valence-electron chi connectivity index (χ2n) is 8.37. The van der Waals surface area contributed by atoms with E-state index in [1.165, 1.54) is 28.3 Å². The summed E-state index contributed by atoms with van der Waals surface area (Å²) in [6.45, 7) is 7.80. The minimum atomic E-state index is -3.85. The third kappa shape index (κ3) is 6.14. The zero-order chi connectivity index (χ0) is 24.1. The second kappa shape index (κ2) is 10.2. The zero-order valence-corrected chi connectivity index (χ0v) is 20.4. The Morgan fingerprint density at radius 1 is 0.969 bits per heavy atom. The molecule has 0 heterocycles. The molecule has 2 aromatic carbocycles. The third-order valence-electron chi connectivity index (χ3n) is 4.95. The minimum Gasteiger partial charge on any atom is -0.493 e. The number of carbonyl (C=O) groups is 1. The van der Waals surface area contributed by atoms with Crippen molar-refractivity contribution in [1.29, 1.82) is 0 Å². The lowest BCUT2D eigenvalue weighted by molar-refractivity contribution is -0.122. The van der Waals surface area contributed by atoms with Gasteiger partial charge in [-0.25, -0.2) is 8.42 Å². The van der Waals surface area contributed by atoms with Gasteiger partial charge in [0.25, 0.3) is 0 Å². The number of carbonyl (C=O) groups excluding carboxylic acids is 1. The summed E-state index contributed by atoms with van der Waals surface area (Å²) < 4.78 is 43.7. The Morgan fingerprint density at radius 2 is 1.50 bits per heavy atom. The zero-order valence-electron chi connectivity index (χ0n) is 19.6. The first-order chi connectivity index (χ1) is 14.9. The highest BCUT2D eigenvalue weighted by Gasteiger charge is 2.23. The molecule has 176 valence electrons. The number of rotatable bonds is 9. The van der Waals surface area contributed by atoms with Crippen molar-refractivity contribution in [3.8, 4) is 17.2 Å². The van der Waals surface area contributed by atoms with Crippen molar-refractivity contribution in [2.45, 2.75) is 50.6 Å². The Bertz CT molecular complexity index is 1020. The van der Waals surface area contributed by atoms with Crippen molar-refractivity contribution in [2.24, 2.45) is 0 Å². The average Bonchev–Trinajstić information content (AvgIpc) is 2.75. The van der Waals surface area contributed by atoms with Crippen LogP contribution in [0.5, 0.6) is 17.2 Å². The summed E-state index contributed by atoms with van der Waals surface area (Å²) in [5.41, 5.74) is 1.64. The van der Waals surface area contributed by atoms with E-state index >= 15 is 0 Å². The second-order valence-corrected chi connectivity index (χ2v) is 10.1. The molecule has 0 saturated heterocycles. The van der Waals surface area contributed by atoms with Gasteiger partial charge in [0, 0.05) is 6.54 Å². The van der Waals surface area contributed by atoms with Crippen LogP contribution < -0.4 is 24.2 Å². The Balaban J connectivity index is 2.07. The van der Waals surface area contributed by atoms with Gasteiger partial charge in [0.05, 0.1) is 32.3 Å². The molecular formula is C23H32N2O6S. The summed E-state index contributed by atoms with van der Waals surface area (Å²) in [6.07, 6.45) is 0. The molecule has 0 aliphatic heterocycles. The topological polar surface area (TPSA) is 103 Å². The summed E-state index contributed by atoms with van der Waals surface area (Å²) in [6, 6.07) is 9.12. The van der Waals surface area contributed by atoms with Gasteiger partial charge in [-0.2, -0.15) is 4.72 Å². The molecule has 8 nitrogen and oxygen atoms in total. The van der Waals surface area contributed by atoms with Crippen molar-refractivity contribution in [1.82, 2.24) is 10.0 Å². The van der Waals surface area contributed by atoms with Crippen molar-refractivity contribution in [3.05, 3.63) is 47.5 Å². The summed E-state index contributed by atoms with van der Waals surface area (Å²) in [4.78, 5) is 12.6. The first kappa shape index (κ1) is 25.5. The summed E-state index contributed by atoms with van der Waals surface area (Å²) in [7, 11) is 0.668. The maximum atomic E-state index is 12.7. The average molecular weight is 465 g/mol. The van der Waals surface area contributed by atoms with Gasteiger partial charge in [-0.15, -0.1) is 0 Å². The molecular weight excluding hydrogens is 432 g/mol. The van der Waals surface area contributed by atoms with Gasteiger partial charge in [-0.1, -0.05) is 32.9 Å². The maximum Gasteiger partial charge on any atom is 0.241 e. The molecule has 0 saturated carbocycles. The van der Waals surface area contributed by atoms with Crippen LogP contribution in [0.15, 0.2) is 41.3 Å². The predicted molar refractivity (Wildman–Crippen MR) is 123 cm³/mol. The predicted octanol–water partition coefficient (Wildman–Crippen LogP) is 2.99. The van der Waals surface area contributed by atoms with E-state index in [0.717, 1.165) is 5.56 Å². The number of sulfonamides is 1. The van der Waals surface area contributed by atoms with Gasteiger partial charge in [-0.3, -0.25) is 4.79 Å². The molecule has 9 heteroatoms. The highest BCUT2D eigenvalue weighted by atomic mass is 32.2. The van der Waals surface area contributed by atoms with Crippen LogP contribution in [-0.4, -0.2) is 41.7 Å². The van der Waals surface area contributed by atoms with E-state index < -0.39 is 22.0 Å². The lowest BCUT2D eigenvalue weighted by Crippen LogP contribution is -2.44. The molecule has 0 radical (unpaired) electrons. The molecule has 2 aromatic rings. The fraction of sp³-hybridized carbons (Fsp3) is 0.435. The van der Waals surface area contributed by atoms with Crippen LogP contribution in [0.4, 0.5) is 0 Å². The van der Waals surface area contributed by atoms with Crippen LogP contribution >= 0.6 is 0 Å². The van der Waals surface area contributed by atoms with Gasteiger partial charge in [0.2, 0.25) is 21.7 Å². The molecule has 32 heavy (non-hydrogen) atoms. The summed E-state index contributed by atoms with van der Waals surface area (Å²) in [5, 5.41) is 2.72. The van der Waals surface area contributed by atoms with Crippen molar-refractivity contribution in [3.63, 3.8) is 0 Å². The maximum absolute atomic E-state index is 12.7. The van der Waals surface area contributed by atoms with E-state index in [2.05, 4.69) is 30.8 Å². The highest BCUT2D eigenvalue weighted by molar-refractivity contribution is 7.89. The molecule has 2 N–H and O–H groups in total. The van der Waals surface area contributed by atoms with Crippen LogP contribution in [0.25, 0.3) is 0 Å². The number of benzene rings is 2. The molecule has 0 aliphatic carbocycles. The van der Waals surface area contributed by atoms with Crippen LogP contribution in [0.2, 0.25) is 0 Å². The first-order valence-electron chi connectivity index (χ1n) is 10.1. The van der Waals surface area contributed by atoms with Crippen molar-refractivity contribution >= 4 is 15.9 Å². The number of amides is 1. The Morgan fingerprint density at radius 3 is 1.94 bits per heavy atom. The highest BCUT2D eigenvalue weighted by Crippen LogP contribution is 2.38. The molecule has 0 fully saturated rings. The van der Waals surface area contributed by atoms with E-state index in [9.17, 15) is 13.2 Å². The van der Waals surface area contributed by atoms with E-state index in [1.54, 1.807) is 36.4 Å².